The van der Waals surface area contributed by atoms with Gasteiger partial charge in [0.25, 0.3) is 0 Å². The van der Waals surface area contributed by atoms with Crippen molar-refractivity contribution in [2.45, 2.75) is 0 Å². The van der Waals surface area contributed by atoms with E-state index in [-0.39, 0.29) is 5.78 Å². The number of allylic oxidation sites excluding steroid dienone is 1. The lowest BCUT2D eigenvalue weighted by Gasteiger charge is -2.03. The maximum atomic E-state index is 12.2. The summed E-state index contributed by atoms with van der Waals surface area (Å²) in [6.07, 6.45) is 4.94. The number of ether oxygens (including phenoxy) is 1. The maximum Gasteiger partial charge on any atom is 0.221 e. The fourth-order valence-corrected chi connectivity index (χ4v) is 2.18. The van der Waals surface area contributed by atoms with Gasteiger partial charge in [0.15, 0.2) is 5.82 Å². The van der Waals surface area contributed by atoms with E-state index in [0.29, 0.717) is 12.4 Å². The van der Waals surface area contributed by atoms with Crippen molar-refractivity contribution in [1.29, 1.82) is 0 Å². The Morgan fingerprint density at radius 3 is 2.91 bits per heavy atom. The Bertz CT molecular complexity index is 845. The maximum absolute atomic E-state index is 12.2. The minimum Gasteiger partial charge on any atom is -0.490 e. The van der Waals surface area contributed by atoms with Crippen LogP contribution in [0.15, 0.2) is 67.3 Å². The number of nitrogens with zero attached hydrogens (tertiary/aromatic N) is 1. The lowest BCUT2D eigenvalue weighted by Crippen LogP contribution is -1.96. The molecule has 0 saturated carbocycles. The van der Waals surface area contributed by atoms with Crippen molar-refractivity contribution in [3.63, 3.8) is 0 Å². The molecule has 4 heteroatoms. The highest BCUT2D eigenvalue weighted by molar-refractivity contribution is 6.05. The number of para-hydroxylation sites is 2. The molecule has 0 atom stereocenters. The second-order valence-corrected chi connectivity index (χ2v) is 4.97. The first-order valence-electron chi connectivity index (χ1n) is 7.27. The number of aromatic amines is 1. The molecule has 1 N–H and O–H groups in total. The van der Waals surface area contributed by atoms with Crippen LogP contribution in [0, 0.1) is 0 Å². The number of carbonyl (C=O) groups is 1. The molecule has 1 aromatic heterocycles. The predicted molar refractivity (Wildman–Crippen MR) is 91.6 cm³/mol. The fraction of sp³-hybridized carbons (Fsp3) is 0.0526. The molecule has 1 heterocycles. The van der Waals surface area contributed by atoms with E-state index >= 15 is 0 Å². The number of carbonyl (C=O) groups excluding carboxylic acids is 1. The minimum atomic E-state index is -0.168. The third-order valence-electron chi connectivity index (χ3n) is 3.28. The summed E-state index contributed by atoms with van der Waals surface area (Å²) in [4.78, 5) is 19.5. The van der Waals surface area contributed by atoms with Gasteiger partial charge in [0, 0.05) is 0 Å². The van der Waals surface area contributed by atoms with E-state index in [0.717, 1.165) is 22.3 Å². The van der Waals surface area contributed by atoms with Gasteiger partial charge in [-0.3, -0.25) is 4.79 Å². The molecule has 0 aliphatic carbocycles. The van der Waals surface area contributed by atoms with E-state index in [1.165, 1.54) is 6.08 Å². The van der Waals surface area contributed by atoms with Gasteiger partial charge in [-0.15, -0.1) is 0 Å². The quantitative estimate of drug-likeness (QED) is 0.425. The first-order valence-corrected chi connectivity index (χ1v) is 7.27. The molecule has 0 spiro atoms. The van der Waals surface area contributed by atoms with Crippen molar-refractivity contribution in [3.05, 3.63) is 78.6 Å². The van der Waals surface area contributed by atoms with Crippen molar-refractivity contribution in [1.82, 2.24) is 9.97 Å². The zero-order valence-electron chi connectivity index (χ0n) is 12.5. The molecule has 3 rings (SSSR count). The van der Waals surface area contributed by atoms with E-state index in [2.05, 4.69) is 16.5 Å². The normalized spacial score (nSPS) is 11.0. The van der Waals surface area contributed by atoms with E-state index < -0.39 is 0 Å². The molecule has 3 aromatic rings. The van der Waals surface area contributed by atoms with Gasteiger partial charge in [0.1, 0.15) is 12.4 Å². The first kappa shape index (κ1) is 14.8. The smallest absolute Gasteiger partial charge is 0.221 e. The molecule has 0 fully saturated rings. The van der Waals surface area contributed by atoms with Crippen LogP contribution in [0.2, 0.25) is 0 Å². The standard InChI is InChI=1S/C19H16N2O2/c1-2-12-23-15-7-5-6-14(13-15)10-11-18(22)19-20-16-8-3-4-9-17(16)21-19/h2-11,13H,1,12H2,(H,20,21)/b11-10+. The number of nitrogens with one attached hydrogen (secondary N) is 1. The largest absolute Gasteiger partial charge is 0.490 e. The summed E-state index contributed by atoms with van der Waals surface area (Å²) in [5, 5.41) is 0. The monoisotopic (exact) mass is 304 g/mol. The molecule has 114 valence electrons. The topological polar surface area (TPSA) is 55.0 Å². The second kappa shape index (κ2) is 6.75. The Kier molecular flexibility index (Phi) is 4.34. The van der Waals surface area contributed by atoms with Crippen molar-refractivity contribution in [3.8, 4) is 5.75 Å². The van der Waals surface area contributed by atoms with Gasteiger partial charge < -0.3 is 9.72 Å². The van der Waals surface area contributed by atoms with Gasteiger partial charge in [-0.1, -0.05) is 43.0 Å². The first-order chi connectivity index (χ1) is 11.3. The van der Waals surface area contributed by atoms with E-state index in [1.807, 2.05) is 48.5 Å². The molecular formula is C19H16N2O2. The van der Waals surface area contributed by atoms with Crippen LogP contribution in [-0.4, -0.2) is 22.4 Å². The van der Waals surface area contributed by atoms with Crippen LogP contribution in [0.4, 0.5) is 0 Å². The fourth-order valence-electron chi connectivity index (χ4n) is 2.18. The zero-order valence-corrected chi connectivity index (χ0v) is 12.5. The van der Waals surface area contributed by atoms with Crippen LogP contribution in [0.25, 0.3) is 17.1 Å². The van der Waals surface area contributed by atoms with Gasteiger partial charge in [0.05, 0.1) is 11.0 Å². The molecule has 2 aromatic carbocycles. The van der Waals surface area contributed by atoms with Gasteiger partial charge in [-0.25, -0.2) is 4.98 Å². The molecule has 0 amide bonds. The van der Waals surface area contributed by atoms with E-state index in [4.69, 9.17) is 4.74 Å². The van der Waals surface area contributed by atoms with Crippen molar-refractivity contribution < 1.29 is 9.53 Å². The predicted octanol–water partition coefficient (Wildman–Crippen LogP) is 4.02. The average Bonchev–Trinajstić information content (AvgIpc) is 3.02. The summed E-state index contributed by atoms with van der Waals surface area (Å²) in [6.45, 7) is 4.06. The number of fused-ring (bicyclic) bond motifs is 1. The van der Waals surface area contributed by atoms with Gasteiger partial charge in [0.2, 0.25) is 5.78 Å². The summed E-state index contributed by atoms with van der Waals surface area (Å²) in [5.74, 6) is 0.906. The number of H-pyrrole nitrogens is 1. The third-order valence-corrected chi connectivity index (χ3v) is 3.28. The Balaban J connectivity index is 1.76. The van der Waals surface area contributed by atoms with Crippen LogP contribution < -0.4 is 4.74 Å². The van der Waals surface area contributed by atoms with Crippen molar-refractivity contribution >= 4 is 22.9 Å². The molecule has 0 saturated heterocycles. The van der Waals surface area contributed by atoms with Gasteiger partial charge >= 0.3 is 0 Å². The number of rotatable bonds is 6. The lowest BCUT2D eigenvalue weighted by molar-refractivity contribution is 0.103. The van der Waals surface area contributed by atoms with Crippen LogP contribution in [0.5, 0.6) is 5.75 Å². The summed E-state index contributed by atoms with van der Waals surface area (Å²) in [5.41, 5.74) is 2.52. The number of hydrogen-bond donors (Lipinski definition) is 1. The van der Waals surface area contributed by atoms with Crippen LogP contribution in [-0.2, 0) is 0 Å². The highest BCUT2D eigenvalue weighted by atomic mass is 16.5. The van der Waals surface area contributed by atoms with Gasteiger partial charge in [-0.05, 0) is 35.9 Å². The summed E-state index contributed by atoms with van der Waals surface area (Å²) in [6, 6.07) is 15.1. The Labute approximate surface area is 134 Å². The zero-order chi connectivity index (χ0) is 16.1. The molecule has 0 radical (unpaired) electrons. The summed E-state index contributed by atoms with van der Waals surface area (Å²) in [7, 11) is 0. The third kappa shape index (κ3) is 3.55. The Hall–Kier alpha value is -3.14. The molecule has 0 unspecified atom stereocenters. The van der Waals surface area contributed by atoms with Crippen LogP contribution >= 0.6 is 0 Å². The van der Waals surface area contributed by atoms with Gasteiger partial charge in [-0.2, -0.15) is 0 Å². The SMILES string of the molecule is C=CCOc1cccc(/C=C/C(=O)c2nc3ccccc3[nH]2)c1. The highest BCUT2D eigenvalue weighted by Crippen LogP contribution is 2.15. The molecule has 0 aliphatic heterocycles. The highest BCUT2D eigenvalue weighted by Gasteiger charge is 2.07. The molecule has 4 nitrogen and oxygen atoms in total. The number of ketones is 1. The summed E-state index contributed by atoms with van der Waals surface area (Å²) < 4.78 is 5.47. The van der Waals surface area contributed by atoms with Crippen molar-refractivity contribution in [2.24, 2.45) is 0 Å². The second-order valence-electron chi connectivity index (χ2n) is 4.97. The average molecular weight is 304 g/mol. The number of imidazole rings is 1. The van der Waals surface area contributed by atoms with Crippen LogP contribution in [0.3, 0.4) is 0 Å². The molecular weight excluding hydrogens is 288 g/mol. The molecule has 0 bridgehead atoms. The van der Waals surface area contributed by atoms with Crippen molar-refractivity contribution in [2.75, 3.05) is 6.61 Å². The lowest BCUT2D eigenvalue weighted by atomic mass is 10.2. The number of hydrogen-bond acceptors (Lipinski definition) is 3. The number of aromatic nitrogens is 2. The Morgan fingerprint density at radius 1 is 1.22 bits per heavy atom. The number of benzene rings is 2. The molecule has 0 aliphatic rings. The summed E-state index contributed by atoms with van der Waals surface area (Å²) >= 11 is 0. The minimum absolute atomic E-state index is 0.168. The Morgan fingerprint density at radius 2 is 2.09 bits per heavy atom. The van der Waals surface area contributed by atoms with Crippen LogP contribution in [0.1, 0.15) is 16.2 Å². The van der Waals surface area contributed by atoms with E-state index in [9.17, 15) is 4.79 Å². The van der Waals surface area contributed by atoms with E-state index in [1.54, 1.807) is 12.2 Å². The molecule has 23 heavy (non-hydrogen) atoms.